The number of anilines is 1. The number of nitrogens with zero attached hydrogens (tertiary/aromatic N) is 2. The Morgan fingerprint density at radius 3 is 2.00 bits per heavy atom. The minimum Gasteiger partial charge on any atom is -0.748 e. The standard InChI is InChI=1S/C33H42N2O6S2.Na/c1-32(2)26-16-8-10-18-28(26)34(22-12-14-24-42(36,37)38)30(32)20-6-5-7-21-31-33(3,4)27-17-9-11-19-29(27)35(31)23-13-15-25-43(39,40)41;/h5-11,16-21H,12-15,22-25H2,1-4H3,(H-,36,37,38,39,40,41);/q;+1/p-1. The molecule has 0 radical (unpaired) electrons. The van der Waals surface area contributed by atoms with Gasteiger partial charge in [0.1, 0.15) is 6.54 Å². The summed E-state index contributed by atoms with van der Waals surface area (Å²) in [4.78, 5) is 2.22. The van der Waals surface area contributed by atoms with E-state index in [0.717, 1.165) is 22.8 Å². The fraction of sp³-hybridized carbons (Fsp3) is 0.424. The molecule has 0 unspecified atom stereocenters. The van der Waals surface area contributed by atoms with E-state index in [1.54, 1.807) is 0 Å². The third kappa shape index (κ3) is 8.60. The molecule has 11 heteroatoms. The molecule has 2 aromatic carbocycles. The van der Waals surface area contributed by atoms with E-state index in [2.05, 4.69) is 73.6 Å². The summed E-state index contributed by atoms with van der Waals surface area (Å²) in [5.41, 5.74) is 6.26. The van der Waals surface area contributed by atoms with Gasteiger partial charge in [0.15, 0.2) is 5.71 Å². The van der Waals surface area contributed by atoms with Crippen molar-refractivity contribution in [1.82, 2.24) is 0 Å². The first-order valence-electron chi connectivity index (χ1n) is 14.7. The second-order valence-corrected chi connectivity index (χ2v) is 15.3. The smallest absolute Gasteiger partial charge is 0.748 e. The van der Waals surface area contributed by atoms with E-state index in [0.29, 0.717) is 38.8 Å². The number of rotatable bonds is 13. The van der Waals surface area contributed by atoms with Gasteiger partial charge in [0, 0.05) is 59.0 Å². The van der Waals surface area contributed by atoms with Gasteiger partial charge in [0.25, 0.3) is 0 Å². The predicted octanol–water partition coefficient (Wildman–Crippen LogP) is 2.51. The number of hydrogen-bond acceptors (Lipinski definition) is 7. The maximum Gasteiger partial charge on any atom is 1.00 e. The maximum atomic E-state index is 11.1. The van der Waals surface area contributed by atoms with E-state index in [9.17, 15) is 25.9 Å². The molecule has 8 nitrogen and oxygen atoms in total. The Kier molecular flexibility index (Phi) is 12.1. The first-order valence-corrected chi connectivity index (χ1v) is 17.8. The van der Waals surface area contributed by atoms with E-state index >= 15 is 0 Å². The fourth-order valence-electron chi connectivity index (χ4n) is 6.22. The summed E-state index contributed by atoms with van der Waals surface area (Å²) >= 11 is 0. The van der Waals surface area contributed by atoms with Crippen LogP contribution < -0.4 is 34.5 Å². The first kappa shape index (κ1) is 36.4. The Hall–Kier alpha value is -2.05. The molecule has 2 aliphatic heterocycles. The van der Waals surface area contributed by atoms with Crippen molar-refractivity contribution in [2.45, 2.75) is 64.2 Å². The molecule has 0 spiro atoms. The Morgan fingerprint density at radius 1 is 0.750 bits per heavy atom. The number of hydrogen-bond donors (Lipinski definition) is 0. The molecular weight excluding hydrogens is 607 g/mol. The molecule has 0 amide bonds. The molecule has 2 aromatic rings. The van der Waals surface area contributed by atoms with Crippen molar-refractivity contribution in [3.8, 4) is 0 Å². The molecule has 44 heavy (non-hydrogen) atoms. The molecule has 0 bridgehead atoms. The summed E-state index contributed by atoms with van der Waals surface area (Å²) in [5.74, 6) is -0.715. The molecule has 2 aliphatic rings. The number of benzene rings is 2. The van der Waals surface area contributed by atoms with Crippen LogP contribution in [0.15, 0.2) is 84.6 Å². The monoisotopic (exact) mass is 648 g/mol. The minimum atomic E-state index is -4.23. The Balaban J connectivity index is 0.00000529. The van der Waals surface area contributed by atoms with Crippen LogP contribution >= 0.6 is 0 Å². The van der Waals surface area contributed by atoms with Gasteiger partial charge in [0.2, 0.25) is 5.69 Å². The second-order valence-electron chi connectivity index (χ2n) is 12.2. The maximum absolute atomic E-state index is 11.1. The van der Waals surface area contributed by atoms with E-state index in [1.165, 1.54) is 11.1 Å². The summed E-state index contributed by atoms with van der Waals surface area (Å²) < 4.78 is 68.7. The van der Waals surface area contributed by atoms with Crippen molar-refractivity contribution in [3.05, 3.63) is 95.7 Å². The normalized spacial score (nSPS) is 18.3. The minimum absolute atomic E-state index is 0. The summed E-state index contributed by atoms with van der Waals surface area (Å²) in [6, 6.07) is 16.4. The third-order valence-corrected chi connectivity index (χ3v) is 9.96. The average molecular weight is 649 g/mol. The van der Waals surface area contributed by atoms with Crippen molar-refractivity contribution in [2.24, 2.45) is 0 Å². The zero-order valence-corrected chi connectivity index (χ0v) is 30.0. The molecule has 0 N–H and O–H groups in total. The fourth-order valence-corrected chi connectivity index (χ4v) is 7.33. The largest absolute Gasteiger partial charge is 1.00 e. The van der Waals surface area contributed by atoms with Crippen molar-refractivity contribution < 1.29 is 60.1 Å². The van der Waals surface area contributed by atoms with Gasteiger partial charge in [-0.15, -0.1) is 0 Å². The van der Waals surface area contributed by atoms with Crippen molar-refractivity contribution in [3.63, 3.8) is 0 Å². The topological polar surface area (TPSA) is 121 Å². The predicted molar refractivity (Wildman–Crippen MR) is 170 cm³/mol. The van der Waals surface area contributed by atoms with E-state index in [-0.39, 0.29) is 51.9 Å². The zero-order valence-electron chi connectivity index (χ0n) is 26.3. The van der Waals surface area contributed by atoms with Crippen LogP contribution in [0.3, 0.4) is 0 Å². The van der Waals surface area contributed by atoms with Crippen LogP contribution in [-0.2, 0) is 31.1 Å². The van der Waals surface area contributed by atoms with Crippen LogP contribution in [0.4, 0.5) is 11.4 Å². The number of para-hydroxylation sites is 2. The van der Waals surface area contributed by atoms with Gasteiger partial charge < -0.3 is 14.0 Å². The van der Waals surface area contributed by atoms with Gasteiger partial charge in [-0.05, 0) is 50.8 Å². The van der Waals surface area contributed by atoms with Crippen LogP contribution in [0, 0.1) is 0 Å². The molecule has 232 valence electrons. The van der Waals surface area contributed by atoms with Gasteiger partial charge in [-0.1, -0.05) is 68.5 Å². The molecule has 0 atom stereocenters. The van der Waals surface area contributed by atoms with Gasteiger partial charge in [0.05, 0.1) is 25.7 Å². The molecule has 0 aromatic heterocycles. The van der Waals surface area contributed by atoms with Crippen molar-refractivity contribution in [2.75, 3.05) is 29.5 Å². The molecular formula is C33H41N2NaO6S2. The van der Waals surface area contributed by atoms with Crippen molar-refractivity contribution >= 4 is 37.3 Å². The van der Waals surface area contributed by atoms with Gasteiger partial charge in [-0.25, -0.2) is 16.8 Å². The zero-order chi connectivity index (χ0) is 31.5. The quantitative estimate of drug-likeness (QED) is 0.108. The molecule has 0 fully saturated rings. The third-order valence-electron chi connectivity index (χ3n) is 8.38. The number of unbranched alkanes of at least 4 members (excludes halogenated alkanes) is 2. The second kappa shape index (κ2) is 14.6. The number of fused-ring (bicyclic) bond motifs is 2. The van der Waals surface area contributed by atoms with E-state index < -0.39 is 20.2 Å². The Labute approximate surface area is 285 Å². The summed E-state index contributed by atoms with van der Waals surface area (Å²) in [6.45, 7) is 9.92. The van der Waals surface area contributed by atoms with E-state index in [4.69, 9.17) is 0 Å². The Morgan fingerprint density at radius 2 is 1.34 bits per heavy atom. The van der Waals surface area contributed by atoms with Crippen LogP contribution in [0.1, 0.15) is 64.5 Å². The SMILES string of the molecule is CC1(C)C(/C=C/C=C/C=C2/N(CCCCS(=O)(=O)[O-])c3ccccc3C2(C)C)=[N+](CCCCS(=O)(=O)[O-])c2ccccc21.[Na+]. The van der Waals surface area contributed by atoms with Gasteiger partial charge >= 0.3 is 29.6 Å². The molecule has 2 heterocycles. The molecule has 0 saturated heterocycles. The van der Waals surface area contributed by atoms with Gasteiger partial charge in [-0.3, -0.25) is 0 Å². The molecule has 0 aliphatic carbocycles. The van der Waals surface area contributed by atoms with Crippen LogP contribution in [0.5, 0.6) is 0 Å². The van der Waals surface area contributed by atoms with E-state index in [1.807, 2.05) is 42.5 Å². The summed E-state index contributed by atoms with van der Waals surface area (Å²) in [5, 5.41) is 0. The first-order chi connectivity index (χ1) is 20.1. The van der Waals surface area contributed by atoms with Crippen molar-refractivity contribution in [1.29, 1.82) is 0 Å². The van der Waals surface area contributed by atoms with Crippen LogP contribution in [0.25, 0.3) is 0 Å². The molecule has 0 saturated carbocycles. The van der Waals surface area contributed by atoms with Crippen LogP contribution in [0.2, 0.25) is 0 Å². The van der Waals surface area contributed by atoms with Crippen LogP contribution in [-0.4, -0.2) is 60.8 Å². The number of allylic oxidation sites excluding steroid dienone is 6. The summed E-state index contributed by atoms with van der Waals surface area (Å²) in [7, 11) is -8.46. The van der Waals surface area contributed by atoms with Gasteiger partial charge in [-0.2, -0.15) is 4.58 Å². The summed E-state index contributed by atoms with van der Waals surface area (Å²) in [6.07, 6.45) is 12.0. The average Bonchev–Trinajstić information content (AvgIpc) is 3.27. The Bertz CT molecular complexity index is 1690. The molecule has 4 rings (SSSR count).